The van der Waals surface area contributed by atoms with E-state index in [9.17, 15) is 0 Å². The fourth-order valence-electron chi connectivity index (χ4n) is 1.99. The Kier molecular flexibility index (Phi) is 6.21. The summed E-state index contributed by atoms with van der Waals surface area (Å²) in [7, 11) is 1.76. The number of rotatable bonds is 6. The summed E-state index contributed by atoms with van der Waals surface area (Å²) in [4.78, 5) is 9.78. The van der Waals surface area contributed by atoms with Crippen molar-refractivity contribution in [1.82, 2.24) is 15.6 Å². The lowest BCUT2D eigenvalue weighted by molar-refractivity contribution is 0.336. The molecule has 5 nitrogen and oxygen atoms in total. The molecule has 1 heterocycles. The standard InChI is InChI=1S/C16H22N4OS/c1-4-21-14-8-6-5-7-13(14)10-19-16(17-3)20-11-15-18-9-12(2)22-15/h5-9H,4,10-11H2,1-3H3,(H2,17,19,20). The number of hydrogen-bond acceptors (Lipinski definition) is 4. The van der Waals surface area contributed by atoms with Gasteiger partial charge in [-0.05, 0) is 19.9 Å². The van der Waals surface area contributed by atoms with Crippen molar-refractivity contribution in [3.63, 3.8) is 0 Å². The van der Waals surface area contributed by atoms with Gasteiger partial charge in [-0.15, -0.1) is 11.3 Å². The third-order valence-corrected chi connectivity index (χ3v) is 3.93. The van der Waals surface area contributed by atoms with E-state index < -0.39 is 0 Å². The quantitative estimate of drug-likeness (QED) is 0.635. The largest absolute Gasteiger partial charge is 0.494 e. The van der Waals surface area contributed by atoms with E-state index in [2.05, 4.69) is 33.6 Å². The molecule has 1 aromatic heterocycles. The van der Waals surface area contributed by atoms with E-state index in [1.54, 1.807) is 18.4 Å². The number of aryl methyl sites for hydroxylation is 1. The maximum absolute atomic E-state index is 5.63. The highest BCUT2D eigenvalue weighted by molar-refractivity contribution is 7.11. The molecular weight excluding hydrogens is 296 g/mol. The van der Waals surface area contributed by atoms with Crippen LogP contribution in [0.2, 0.25) is 0 Å². The molecule has 2 N–H and O–H groups in total. The average molecular weight is 318 g/mol. The minimum Gasteiger partial charge on any atom is -0.494 e. The van der Waals surface area contributed by atoms with Crippen molar-refractivity contribution in [1.29, 1.82) is 0 Å². The molecular formula is C16H22N4OS. The third-order valence-electron chi connectivity index (χ3n) is 3.02. The second-order valence-electron chi connectivity index (χ2n) is 4.68. The molecule has 0 radical (unpaired) electrons. The summed E-state index contributed by atoms with van der Waals surface area (Å²) >= 11 is 1.69. The predicted molar refractivity (Wildman–Crippen MR) is 91.5 cm³/mol. The van der Waals surface area contributed by atoms with Crippen LogP contribution in [-0.4, -0.2) is 24.6 Å². The zero-order valence-electron chi connectivity index (χ0n) is 13.2. The molecule has 2 rings (SSSR count). The zero-order chi connectivity index (χ0) is 15.8. The van der Waals surface area contributed by atoms with Gasteiger partial charge >= 0.3 is 0 Å². The first-order chi connectivity index (χ1) is 10.7. The lowest BCUT2D eigenvalue weighted by atomic mass is 10.2. The first-order valence-corrected chi connectivity index (χ1v) is 8.11. The molecule has 0 bridgehead atoms. The Morgan fingerprint density at radius 2 is 2.05 bits per heavy atom. The number of para-hydroxylation sites is 1. The van der Waals surface area contributed by atoms with Gasteiger partial charge in [-0.25, -0.2) is 4.98 Å². The first-order valence-electron chi connectivity index (χ1n) is 7.29. The van der Waals surface area contributed by atoms with Crippen LogP contribution in [0.5, 0.6) is 5.75 Å². The molecule has 6 heteroatoms. The summed E-state index contributed by atoms with van der Waals surface area (Å²) in [6, 6.07) is 8.02. The van der Waals surface area contributed by atoms with Gasteiger partial charge in [0.1, 0.15) is 10.8 Å². The van der Waals surface area contributed by atoms with Crippen LogP contribution in [0.4, 0.5) is 0 Å². The SMILES string of the molecule is CCOc1ccccc1CNC(=NC)NCc1ncc(C)s1. The van der Waals surface area contributed by atoms with Crippen molar-refractivity contribution in [3.8, 4) is 5.75 Å². The summed E-state index contributed by atoms with van der Waals surface area (Å²) in [6.45, 7) is 6.03. The molecule has 0 unspecified atom stereocenters. The Bertz CT molecular complexity index is 624. The number of hydrogen-bond donors (Lipinski definition) is 2. The molecule has 2 aromatic rings. The molecule has 0 fully saturated rings. The number of nitrogens with one attached hydrogen (secondary N) is 2. The van der Waals surface area contributed by atoms with Gasteiger partial charge in [0, 0.05) is 30.2 Å². The van der Waals surface area contributed by atoms with Crippen LogP contribution in [0.25, 0.3) is 0 Å². The molecule has 0 saturated heterocycles. The lowest BCUT2D eigenvalue weighted by Crippen LogP contribution is -2.36. The molecule has 1 aromatic carbocycles. The Balaban J connectivity index is 1.88. The predicted octanol–water partition coefficient (Wildman–Crippen LogP) is 2.72. The lowest BCUT2D eigenvalue weighted by Gasteiger charge is -2.13. The van der Waals surface area contributed by atoms with Crippen LogP contribution in [0.1, 0.15) is 22.4 Å². The summed E-state index contributed by atoms with van der Waals surface area (Å²) in [5, 5.41) is 7.62. The van der Waals surface area contributed by atoms with Crippen LogP contribution in [-0.2, 0) is 13.1 Å². The van der Waals surface area contributed by atoms with Crippen molar-refractivity contribution in [2.45, 2.75) is 26.9 Å². The topological polar surface area (TPSA) is 58.5 Å². The number of nitrogens with zero attached hydrogens (tertiary/aromatic N) is 2. The monoisotopic (exact) mass is 318 g/mol. The van der Waals surface area contributed by atoms with Gasteiger partial charge < -0.3 is 15.4 Å². The second-order valence-corrected chi connectivity index (χ2v) is 6.00. The number of aromatic nitrogens is 1. The molecule has 0 aliphatic rings. The smallest absolute Gasteiger partial charge is 0.191 e. The Labute approximate surface area is 135 Å². The first kappa shape index (κ1) is 16.3. The molecule has 22 heavy (non-hydrogen) atoms. The number of thiazole rings is 1. The molecule has 0 saturated carbocycles. The third kappa shape index (κ3) is 4.73. The molecule has 0 atom stereocenters. The Morgan fingerprint density at radius 1 is 1.27 bits per heavy atom. The maximum atomic E-state index is 5.63. The summed E-state index contributed by atoms with van der Waals surface area (Å²) in [5.41, 5.74) is 1.11. The Hall–Kier alpha value is -2.08. The van der Waals surface area contributed by atoms with E-state index in [4.69, 9.17) is 4.74 Å². The highest BCUT2D eigenvalue weighted by atomic mass is 32.1. The van der Waals surface area contributed by atoms with Crippen LogP contribution >= 0.6 is 11.3 Å². The molecule has 0 spiro atoms. The van der Waals surface area contributed by atoms with E-state index in [0.29, 0.717) is 19.7 Å². The number of ether oxygens (including phenoxy) is 1. The number of benzene rings is 1. The molecule has 0 aliphatic carbocycles. The zero-order valence-corrected chi connectivity index (χ0v) is 14.0. The van der Waals surface area contributed by atoms with E-state index >= 15 is 0 Å². The second kappa shape index (κ2) is 8.38. The van der Waals surface area contributed by atoms with Crippen LogP contribution < -0.4 is 15.4 Å². The van der Waals surface area contributed by atoms with Gasteiger partial charge in [0.05, 0.1) is 13.2 Å². The molecule has 0 aliphatic heterocycles. The van der Waals surface area contributed by atoms with Crippen LogP contribution in [0.15, 0.2) is 35.5 Å². The van der Waals surface area contributed by atoms with Crippen molar-refractivity contribution < 1.29 is 4.74 Å². The normalized spacial score (nSPS) is 11.3. The fraction of sp³-hybridized carbons (Fsp3) is 0.375. The van der Waals surface area contributed by atoms with Crippen molar-refractivity contribution in [2.75, 3.05) is 13.7 Å². The van der Waals surface area contributed by atoms with Crippen molar-refractivity contribution in [3.05, 3.63) is 45.9 Å². The number of guanidine groups is 1. The average Bonchev–Trinajstić information content (AvgIpc) is 2.95. The van der Waals surface area contributed by atoms with E-state index in [0.717, 1.165) is 22.3 Å². The molecule has 118 valence electrons. The number of aliphatic imine (C=N–C) groups is 1. The summed E-state index contributed by atoms with van der Waals surface area (Å²) in [6.07, 6.45) is 1.89. The van der Waals surface area contributed by atoms with E-state index in [1.165, 1.54) is 4.88 Å². The minimum absolute atomic E-state index is 0.659. The van der Waals surface area contributed by atoms with Gasteiger partial charge in [0.15, 0.2) is 5.96 Å². The summed E-state index contributed by atoms with van der Waals surface area (Å²) < 4.78 is 5.63. The van der Waals surface area contributed by atoms with E-state index in [-0.39, 0.29) is 0 Å². The molecule has 0 amide bonds. The van der Waals surface area contributed by atoms with Gasteiger partial charge in [0.2, 0.25) is 0 Å². The van der Waals surface area contributed by atoms with Crippen LogP contribution in [0, 0.1) is 6.92 Å². The highest BCUT2D eigenvalue weighted by Gasteiger charge is 2.05. The summed E-state index contributed by atoms with van der Waals surface area (Å²) in [5.74, 6) is 1.66. The highest BCUT2D eigenvalue weighted by Crippen LogP contribution is 2.17. The van der Waals surface area contributed by atoms with Gasteiger partial charge in [-0.2, -0.15) is 0 Å². The van der Waals surface area contributed by atoms with Crippen molar-refractivity contribution >= 4 is 17.3 Å². The fourth-order valence-corrected chi connectivity index (χ4v) is 2.72. The maximum Gasteiger partial charge on any atom is 0.191 e. The van der Waals surface area contributed by atoms with Gasteiger partial charge in [0.25, 0.3) is 0 Å². The Morgan fingerprint density at radius 3 is 2.73 bits per heavy atom. The van der Waals surface area contributed by atoms with Crippen LogP contribution in [0.3, 0.4) is 0 Å². The van der Waals surface area contributed by atoms with Crippen molar-refractivity contribution in [2.24, 2.45) is 4.99 Å². The minimum atomic E-state index is 0.659. The van der Waals surface area contributed by atoms with Gasteiger partial charge in [-0.3, -0.25) is 4.99 Å². The van der Waals surface area contributed by atoms with Gasteiger partial charge in [-0.1, -0.05) is 18.2 Å². The van der Waals surface area contributed by atoms with E-state index in [1.807, 2.05) is 31.3 Å².